The maximum absolute atomic E-state index is 10.9. The molecule has 0 aliphatic carbocycles. The molecule has 0 spiro atoms. The molecule has 7 heteroatoms. The van der Waals surface area contributed by atoms with E-state index in [-0.39, 0.29) is 29.4 Å². The molecule has 0 bridgehead atoms. The molecule has 0 unspecified atom stereocenters. The van der Waals surface area contributed by atoms with Crippen LogP contribution in [0.2, 0.25) is 0 Å². The zero-order chi connectivity index (χ0) is 15.3. The minimum absolute atomic E-state index is 0. The Morgan fingerprint density at radius 2 is 1.60 bits per heavy atom. The summed E-state index contributed by atoms with van der Waals surface area (Å²) in [5, 5.41) is 0. The third-order valence-electron chi connectivity index (χ3n) is 2.14. The molecule has 1 aromatic rings. The number of hydrogen-bond donors (Lipinski definition) is 0. The Balaban J connectivity index is -0.000000368. The molecule has 0 radical (unpaired) electrons. The summed E-state index contributed by atoms with van der Waals surface area (Å²) in [6, 6.07) is 7.84. The molecule has 1 fully saturated rings. The van der Waals surface area contributed by atoms with Crippen molar-refractivity contribution in [3.63, 3.8) is 0 Å². The number of rotatable bonds is 1. The first-order valence-corrected chi connectivity index (χ1v) is 5.62. The van der Waals surface area contributed by atoms with Gasteiger partial charge in [-0.3, -0.25) is 4.79 Å². The van der Waals surface area contributed by atoms with Crippen LogP contribution in [0.5, 0.6) is 0 Å². The molecule has 1 aromatic carbocycles. The van der Waals surface area contributed by atoms with Crippen molar-refractivity contribution in [2.75, 3.05) is 0 Å². The van der Waals surface area contributed by atoms with Gasteiger partial charge in [-0.05, 0) is 12.5 Å². The summed E-state index contributed by atoms with van der Waals surface area (Å²) in [6.45, 7) is 13.5. The summed E-state index contributed by atoms with van der Waals surface area (Å²) < 4.78 is 28.7. The Hall–Kier alpha value is -1.08. The van der Waals surface area contributed by atoms with Gasteiger partial charge >= 0.3 is 39.9 Å². The molecule has 1 heterocycles. The molecular weight excluding hydrogens is 368 g/mol. The second-order valence-electron chi connectivity index (χ2n) is 3.04. The smallest absolute Gasteiger partial charge is 0 e. The van der Waals surface area contributed by atoms with Crippen molar-refractivity contribution in [2.45, 2.75) is 18.9 Å². The number of benzene rings is 1. The number of esters is 1. The van der Waals surface area contributed by atoms with Gasteiger partial charge < -0.3 is 4.74 Å². The van der Waals surface area contributed by atoms with Crippen LogP contribution in [0.25, 0.3) is 0 Å². The summed E-state index contributed by atoms with van der Waals surface area (Å²) in [7, 11) is 0. The molecule has 0 saturated carbocycles. The van der Waals surface area contributed by atoms with Crippen molar-refractivity contribution in [2.24, 2.45) is 0 Å². The van der Waals surface area contributed by atoms with Crippen molar-refractivity contribution in [1.29, 1.82) is 0 Å². The summed E-state index contributed by atoms with van der Waals surface area (Å²) in [5.41, 5.74) is 1.06. The fraction of sp³-hybridized carbons (Fsp3) is 0.231. The van der Waals surface area contributed by atoms with E-state index in [2.05, 4.69) is 35.9 Å². The van der Waals surface area contributed by atoms with E-state index in [0.717, 1.165) is 16.5 Å². The number of carbonyl (C=O) groups is 1. The van der Waals surface area contributed by atoms with E-state index >= 15 is 0 Å². The van der Waals surface area contributed by atoms with Crippen LogP contribution < -0.4 is 0 Å². The average Bonchev–Trinajstić information content (AvgIpc) is 2.92. The predicted molar refractivity (Wildman–Crippen MR) is 64.0 cm³/mol. The van der Waals surface area contributed by atoms with Crippen molar-refractivity contribution in [3.8, 4) is 0 Å². The second-order valence-corrected chi connectivity index (χ2v) is 3.89. The SMILES string of the molecule is O=C1CC[C@H](c2ccccc2Br)O1.[C-]#[O+].[C-]#[O+].[C-]#[O+].[Cr]. The van der Waals surface area contributed by atoms with Gasteiger partial charge in [-0.2, -0.15) is 0 Å². The molecule has 1 aliphatic rings. The van der Waals surface area contributed by atoms with Crippen LogP contribution in [-0.4, -0.2) is 5.97 Å². The third kappa shape index (κ3) is 8.17. The van der Waals surface area contributed by atoms with Crippen molar-refractivity contribution < 1.29 is 40.8 Å². The number of halogens is 1. The van der Waals surface area contributed by atoms with Gasteiger partial charge in [0, 0.05) is 33.8 Å². The minimum atomic E-state index is -0.0965. The molecule has 1 saturated heterocycles. The normalized spacial score (nSPS) is 14.3. The Kier molecular flexibility index (Phi) is 19.2. The second kappa shape index (κ2) is 16.0. The van der Waals surface area contributed by atoms with E-state index in [1.807, 2.05) is 24.3 Å². The van der Waals surface area contributed by atoms with Crippen LogP contribution in [0.3, 0.4) is 0 Å². The van der Waals surface area contributed by atoms with Gasteiger partial charge in [-0.1, -0.05) is 34.1 Å². The first kappa shape index (κ1) is 24.0. The number of carbonyl (C=O) groups excluding carboxylic acids is 1. The predicted octanol–water partition coefficient (Wildman–Crippen LogP) is 2.71. The monoisotopic (exact) mass is 376 g/mol. The zero-order valence-electron chi connectivity index (χ0n) is 10.1. The molecule has 0 N–H and O–H groups in total. The molecule has 1 atom stereocenters. The molecule has 0 amide bonds. The summed E-state index contributed by atoms with van der Waals surface area (Å²) >= 11 is 3.43. The molecular formula is C13H9BrCrO5. The van der Waals surface area contributed by atoms with Gasteiger partial charge in [0.05, 0.1) is 0 Å². The van der Waals surface area contributed by atoms with E-state index in [1.165, 1.54) is 0 Å². The number of cyclic esters (lactones) is 1. The van der Waals surface area contributed by atoms with Gasteiger partial charge in [0.25, 0.3) is 0 Å². The summed E-state index contributed by atoms with van der Waals surface area (Å²) in [6.07, 6.45) is 1.27. The largest absolute Gasteiger partial charge is 0 e. The first-order chi connectivity index (χ1) is 9.27. The van der Waals surface area contributed by atoms with Gasteiger partial charge in [0.15, 0.2) is 0 Å². The maximum atomic E-state index is 10.9. The van der Waals surface area contributed by atoms with E-state index in [0.29, 0.717) is 6.42 Å². The fourth-order valence-corrected chi connectivity index (χ4v) is 2.02. The first-order valence-electron chi connectivity index (χ1n) is 4.82. The van der Waals surface area contributed by atoms with Crippen LogP contribution in [-0.2, 0) is 40.8 Å². The Labute approximate surface area is 136 Å². The van der Waals surface area contributed by atoms with Gasteiger partial charge in [-0.15, -0.1) is 0 Å². The Morgan fingerprint density at radius 3 is 2.00 bits per heavy atom. The van der Waals surface area contributed by atoms with Crippen LogP contribution in [0.15, 0.2) is 28.7 Å². The molecule has 2 rings (SSSR count). The van der Waals surface area contributed by atoms with Gasteiger partial charge in [0.1, 0.15) is 6.10 Å². The molecule has 1 aliphatic heterocycles. The van der Waals surface area contributed by atoms with Crippen molar-refractivity contribution >= 4 is 21.9 Å². The third-order valence-corrected chi connectivity index (χ3v) is 2.86. The maximum Gasteiger partial charge on any atom is 0 e. The van der Waals surface area contributed by atoms with E-state index < -0.39 is 0 Å². The number of hydrogen-bond acceptors (Lipinski definition) is 2. The topological polar surface area (TPSA) is 86.0 Å². The van der Waals surface area contributed by atoms with Crippen molar-refractivity contribution in [1.82, 2.24) is 0 Å². The van der Waals surface area contributed by atoms with Crippen LogP contribution >= 0.6 is 15.9 Å². The summed E-state index contributed by atoms with van der Waals surface area (Å²) in [5.74, 6) is -0.0965. The zero-order valence-corrected chi connectivity index (χ0v) is 13.0. The molecule has 104 valence electrons. The Bertz CT molecular complexity index is 441. The van der Waals surface area contributed by atoms with Gasteiger partial charge in [0.2, 0.25) is 0 Å². The summed E-state index contributed by atoms with van der Waals surface area (Å²) in [4.78, 5) is 10.9. The quantitative estimate of drug-likeness (QED) is 0.428. The average molecular weight is 377 g/mol. The standard InChI is InChI=1S/C10H9BrO2.3CO.Cr/c11-8-4-2-1-3-7(8)9-5-6-10(12)13-9;3*1-2;/h1-4,9H,5-6H2;;;;/t9-;;;;/m1..../s1. The fourth-order valence-electron chi connectivity index (χ4n) is 1.48. The van der Waals surface area contributed by atoms with E-state index in [9.17, 15) is 4.79 Å². The van der Waals surface area contributed by atoms with Crippen LogP contribution in [0.4, 0.5) is 0 Å². The van der Waals surface area contributed by atoms with Crippen LogP contribution in [0.1, 0.15) is 24.5 Å². The van der Waals surface area contributed by atoms with Gasteiger partial charge in [-0.25, -0.2) is 0 Å². The Morgan fingerprint density at radius 1 is 1.10 bits per heavy atom. The molecule has 20 heavy (non-hydrogen) atoms. The van der Waals surface area contributed by atoms with Crippen LogP contribution in [0, 0.1) is 20.0 Å². The van der Waals surface area contributed by atoms with E-state index in [4.69, 9.17) is 18.7 Å². The number of ether oxygens (including phenoxy) is 1. The van der Waals surface area contributed by atoms with E-state index in [1.54, 1.807) is 0 Å². The molecule has 5 nitrogen and oxygen atoms in total. The molecule has 0 aromatic heterocycles. The minimum Gasteiger partial charge on any atom is 0 e. The van der Waals surface area contributed by atoms with Crippen molar-refractivity contribution in [3.05, 3.63) is 54.3 Å².